The number of methoxy groups -OCH3 is 1. The lowest BCUT2D eigenvalue weighted by atomic mass is 9.61. The highest BCUT2D eigenvalue weighted by Gasteiger charge is 2.69. The fourth-order valence-electron chi connectivity index (χ4n) is 6.17. The van der Waals surface area contributed by atoms with Gasteiger partial charge >= 0.3 is 0 Å². The van der Waals surface area contributed by atoms with E-state index in [1.807, 2.05) is 24.3 Å². The van der Waals surface area contributed by atoms with Gasteiger partial charge in [-0.25, -0.2) is 0 Å². The summed E-state index contributed by atoms with van der Waals surface area (Å²) in [5.41, 5.74) is -0.245. The van der Waals surface area contributed by atoms with Crippen LogP contribution in [0.3, 0.4) is 0 Å². The second kappa shape index (κ2) is 8.80. The maximum Gasteiger partial charge on any atom is 0.271 e. The summed E-state index contributed by atoms with van der Waals surface area (Å²) in [4.78, 5) is 57.1. The molecule has 2 bridgehead atoms. The van der Waals surface area contributed by atoms with Gasteiger partial charge in [-0.2, -0.15) is 0 Å². The molecule has 0 radical (unpaired) electrons. The fraction of sp³-hybridized carbons (Fsp3) is 0.481. The van der Waals surface area contributed by atoms with Crippen LogP contribution in [0.25, 0.3) is 10.9 Å². The van der Waals surface area contributed by atoms with Gasteiger partial charge < -0.3 is 25.3 Å². The molecule has 3 saturated heterocycles. The number of benzene rings is 1. The number of ether oxygens (including phenoxy) is 1. The number of hydrogen-bond acceptors (Lipinski definition) is 5. The fourth-order valence-corrected chi connectivity index (χ4v) is 6.17. The molecule has 3 aliphatic heterocycles. The molecule has 4 heterocycles. The third-order valence-corrected chi connectivity index (χ3v) is 8.18. The minimum absolute atomic E-state index is 0.0856. The molecular formula is C27H32N4O5. The quantitative estimate of drug-likeness (QED) is 0.464. The molecule has 1 aromatic carbocycles. The number of nitrogens with zero attached hydrogens (tertiary/aromatic N) is 1. The van der Waals surface area contributed by atoms with E-state index < -0.39 is 11.6 Å². The third kappa shape index (κ3) is 3.68. The van der Waals surface area contributed by atoms with Crippen molar-refractivity contribution < 1.29 is 23.9 Å². The predicted octanol–water partition coefficient (Wildman–Crippen LogP) is 2.33. The Hall–Kier alpha value is -3.62. The highest BCUT2D eigenvalue weighted by atomic mass is 16.5. The molecule has 0 spiro atoms. The van der Waals surface area contributed by atoms with Crippen molar-refractivity contribution in [2.45, 2.75) is 50.6 Å². The summed E-state index contributed by atoms with van der Waals surface area (Å²) in [7, 11) is 1.58. The minimum atomic E-state index is -1.06. The predicted molar refractivity (Wildman–Crippen MR) is 133 cm³/mol. The summed E-state index contributed by atoms with van der Waals surface area (Å²) in [6, 6.07) is 6.52. The lowest BCUT2D eigenvalue weighted by Gasteiger charge is -2.45. The van der Waals surface area contributed by atoms with Gasteiger partial charge in [0, 0.05) is 41.7 Å². The topological polar surface area (TPSA) is 121 Å². The summed E-state index contributed by atoms with van der Waals surface area (Å²) < 4.78 is 5.42. The van der Waals surface area contributed by atoms with Crippen molar-refractivity contribution in [3.8, 4) is 5.75 Å². The van der Waals surface area contributed by atoms with Crippen LogP contribution in [0.2, 0.25) is 0 Å². The van der Waals surface area contributed by atoms with Crippen molar-refractivity contribution in [2.75, 3.05) is 20.2 Å². The van der Waals surface area contributed by atoms with Gasteiger partial charge in [-0.05, 0) is 43.9 Å². The Labute approximate surface area is 209 Å². The zero-order valence-corrected chi connectivity index (χ0v) is 20.7. The van der Waals surface area contributed by atoms with E-state index in [9.17, 15) is 19.2 Å². The Morgan fingerprint density at radius 3 is 2.75 bits per heavy atom. The van der Waals surface area contributed by atoms with Crippen LogP contribution in [0.15, 0.2) is 36.9 Å². The van der Waals surface area contributed by atoms with Gasteiger partial charge in [0.05, 0.1) is 13.2 Å². The molecule has 3 N–H and O–H groups in total. The largest absolute Gasteiger partial charge is 0.496 e. The Bertz CT molecular complexity index is 1260. The lowest BCUT2D eigenvalue weighted by molar-refractivity contribution is -0.138. The van der Waals surface area contributed by atoms with Crippen molar-refractivity contribution >= 4 is 34.4 Å². The molecule has 4 fully saturated rings. The highest BCUT2D eigenvalue weighted by Crippen LogP contribution is 2.60. The van der Waals surface area contributed by atoms with Crippen LogP contribution in [-0.2, 0) is 14.4 Å². The van der Waals surface area contributed by atoms with Gasteiger partial charge in [0.1, 0.15) is 17.0 Å². The first-order chi connectivity index (χ1) is 17.3. The third-order valence-electron chi connectivity index (χ3n) is 8.18. The van der Waals surface area contributed by atoms with Gasteiger partial charge in [0.2, 0.25) is 11.8 Å². The summed E-state index contributed by atoms with van der Waals surface area (Å²) in [5, 5.41) is 6.51. The molecule has 1 aliphatic carbocycles. The molecule has 2 aromatic rings. The number of hydrogen-bond donors (Lipinski definition) is 3. The lowest BCUT2D eigenvalue weighted by Crippen LogP contribution is -2.62. The summed E-state index contributed by atoms with van der Waals surface area (Å²) >= 11 is 0. The molecule has 36 heavy (non-hydrogen) atoms. The van der Waals surface area contributed by atoms with Gasteiger partial charge in [0.25, 0.3) is 5.91 Å². The average Bonchev–Trinajstić information content (AvgIpc) is 3.63. The van der Waals surface area contributed by atoms with Crippen molar-refractivity contribution in [3.63, 3.8) is 0 Å². The number of H-pyrrole nitrogens is 1. The SMILES string of the molecule is C=CC12CN(C(=O)c3cc4c(OC)cccc4[nH]3)C(C(=O)N[C@@H](C[C@@H]3CCNC3=O)C(=O)CC)(C1)C2. The number of aromatic nitrogens is 1. The second-order valence-electron chi connectivity index (χ2n) is 10.3. The molecule has 9 nitrogen and oxygen atoms in total. The van der Waals surface area contributed by atoms with Crippen LogP contribution in [0, 0.1) is 11.3 Å². The number of rotatable bonds is 9. The summed E-state index contributed by atoms with van der Waals surface area (Å²) in [6.45, 7) is 6.66. The Kier molecular flexibility index (Phi) is 5.89. The molecular weight excluding hydrogens is 460 g/mol. The zero-order valence-electron chi connectivity index (χ0n) is 20.7. The van der Waals surface area contributed by atoms with E-state index in [1.54, 1.807) is 25.0 Å². The van der Waals surface area contributed by atoms with Gasteiger partial charge in [-0.1, -0.05) is 19.1 Å². The van der Waals surface area contributed by atoms with Crippen molar-refractivity contribution in [3.05, 3.63) is 42.6 Å². The number of aromatic amines is 1. The minimum Gasteiger partial charge on any atom is -0.496 e. The van der Waals surface area contributed by atoms with Crippen LogP contribution < -0.4 is 15.4 Å². The Morgan fingerprint density at radius 1 is 1.33 bits per heavy atom. The highest BCUT2D eigenvalue weighted by molar-refractivity contribution is 6.04. The number of carbonyl (C=O) groups is 4. The maximum atomic E-state index is 13.7. The molecule has 3 amide bonds. The number of ketones is 1. The number of nitrogens with one attached hydrogen (secondary N) is 3. The first kappa shape index (κ1) is 24.1. The standard InChI is InChI=1S/C27H32N4O5/c1-4-21(32)19(11-16-9-10-28-23(16)33)30-25(35)27-13-26(5-2,14-27)15-31(27)24(34)20-12-17-18(29-20)7-6-8-22(17)36-3/h5-8,12,16,19,29H,2,4,9-11,13-15H2,1,3H3,(H,28,33)(H,30,35)/t16-,19-,26?,27?/m0/s1. The molecule has 190 valence electrons. The van der Waals surface area contributed by atoms with Crippen LogP contribution in [0.4, 0.5) is 0 Å². The van der Waals surface area contributed by atoms with Crippen LogP contribution >= 0.6 is 0 Å². The normalized spacial score (nSPS) is 27.3. The van der Waals surface area contributed by atoms with Gasteiger partial charge in [0.15, 0.2) is 5.78 Å². The van der Waals surface area contributed by atoms with Crippen LogP contribution in [-0.4, -0.2) is 65.2 Å². The molecule has 9 heteroatoms. The van der Waals surface area contributed by atoms with Crippen molar-refractivity contribution in [2.24, 2.45) is 11.3 Å². The first-order valence-corrected chi connectivity index (χ1v) is 12.5. The second-order valence-corrected chi connectivity index (χ2v) is 10.3. The number of amides is 3. The van der Waals surface area contributed by atoms with E-state index in [1.165, 1.54) is 0 Å². The summed E-state index contributed by atoms with van der Waals surface area (Å²) in [5.74, 6) is -0.479. The number of fused-ring (bicyclic) bond motifs is 2. The monoisotopic (exact) mass is 492 g/mol. The van der Waals surface area contributed by atoms with E-state index in [-0.39, 0.29) is 47.7 Å². The van der Waals surface area contributed by atoms with E-state index >= 15 is 0 Å². The molecule has 1 saturated carbocycles. The zero-order chi connectivity index (χ0) is 25.7. The number of carbonyl (C=O) groups excluding carboxylic acids is 4. The van der Waals surface area contributed by atoms with Crippen molar-refractivity contribution in [1.29, 1.82) is 0 Å². The maximum absolute atomic E-state index is 13.7. The van der Waals surface area contributed by atoms with Crippen LogP contribution in [0.5, 0.6) is 5.75 Å². The molecule has 4 aliphatic rings. The smallest absolute Gasteiger partial charge is 0.271 e. The molecule has 0 unspecified atom stereocenters. The average molecular weight is 493 g/mol. The van der Waals surface area contributed by atoms with E-state index in [0.29, 0.717) is 43.8 Å². The van der Waals surface area contributed by atoms with Crippen molar-refractivity contribution in [1.82, 2.24) is 20.5 Å². The Balaban J connectivity index is 1.41. The molecule has 1 aromatic heterocycles. The van der Waals surface area contributed by atoms with E-state index in [4.69, 9.17) is 4.74 Å². The van der Waals surface area contributed by atoms with Gasteiger partial charge in [-0.15, -0.1) is 6.58 Å². The van der Waals surface area contributed by atoms with E-state index in [0.717, 1.165) is 10.9 Å². The Morgan fingerprint density at radius 2 is 2.11 bits per heavy atom. The number of Topliss-reactive ketones (excluding diaryl/α,β-unsaturated/α-hetero) is 1. The van der Waals surface area contributed by atoms with E-state index in [2.05, 4.69) is 22.2 Å². The molecule has 6 rings (SSSR count). The first-order valence-electron chi connectivity index (χ1n) is 12.5. The molecule has 2 atom stereocenters. The van der Waals surface area contributed by atoms with Crippen LogP contribution in [0.1, 0.15) is 49.5 Å². The van der Waals surface area contributed by atoms with Gasteiger partial charge in [-0.3, -0.25) is 19.2 Å². The summed E-state index contributed by atoms with van der Waals surface area (Å²) in [6.07, 6.45) is 3.91.